The molecule has 2 aromatic rings. The van der Waals surface area contributed by atoms with Crippen LogP contribution < -0.4 is 0 Å². The van der Waals surface area contributed by atoms with Gasteiger partial charge in [0.2, 0.25) is 0 Å². The molecule has 112 valence electrons. The highest BCUT2D eigenvalue weighted by molar-refractivity contribution is 9.10. The third kappa shape index (κ3) is 4.38. The summed E-state index contributed by atoms with van der Waals surface area (Å²) < 4.78 is 38.9. The smallest absolute Gasteiger partial charge is 0.166 e. The predicted octanol–water partition coefficient (Wildman–Crippen LogP) is 6.64. The standard InChI is InChI=1S/C15H10BrCl2F3/c16-13-5-4-10(15(19,20)21)8-12(13)14(18)7-9-2-1-3-11(17)6-9/h1-6,8,14H,7H2. The molecule has 2 rings (SSSR count). The van der Waals surface area contributed by atoms with Gasteiger partial charge in [-0.1, -0.05) is 39.7 Å². The SMILES string of the molecule is FC(F)(F)c1ccc(Br)c(C(Cl)Cc2cccc(Cl)c2)c1. The molecule has 0 aliphatic heterocycles. The van der Waals surface area contributed by atoms with Crippen LogP contribution >= 0.6 is 39.1 Å². The molecule has 0 aliphatic rings. The van der Waals surface area contributed by atoms with Gasteiger partial charge in [-0.25, -0.2) is 0 Å². The molecule has 0 radical (unpaired) electrons. The first kappa shape index (κ1) is 16.7. The molecule has 0 amide bonds. The summed E-state index contributed by atoms with van der Waals surface area (Å²) >= 11 is 15.4. The van der Waals surface area contributed by atoms with Crippen molar-refractivity contribution in [2.75, 3.05) is 0 Å². The van der Waals surface area contributed by atoms with Gasteiger partial charge in [-0.2, -0.15) is 13.2 Å². The lowest BCUT2D eigenvalue weighted by Crippen LogP contribution is -2.07. The Balaban J connectivity index is 2.28. The van der Waals surface area contributed by atoms with E-state index in [9.17, 15) is 13.2 Å². The normalized spacial score (nSPS) is 13.2. The van der Waals surface area contributed by atoms with Crippen molar-refractivity contribution in [1.82, 2.24) is 0 Å². The molecule has 0 saturated carbocycles. The van der Waals surface area contributed by atoms with E-state index in [0.29, 0.717) is 21.5 Å². The maximum atomic E-state index is 12.8. The Morgan fingerprint density at radius 3 is 2.43 bits per heavy atom. The summed E-state index contributed by atoms with van der Waals surface area (Å²) in [4.78, 5) is 0. The molecule has 0 nitrogen and oxygen atoms in total. The Labute approximate surface area is 139 Å². The van der Waals surface area contributed by atoms with Crippen LogP contribution in [0, 0.1) is 0 Å². The molecule has 0 heterocycles. The number of halogens is 6. The van der Waals surface area contributed by atoms with E-state index < -0.39 is 17.1 Å². The van der Waals surface area contributed by atoms with Crippen molar-refractivity contribution in [3.8, 4) is 0 Å². The molecule has 0 spiro atoms. The van der Waals surface area contributed by atoms with Crippen molar-refractivity contribution in [3.05, 3.63) is 68.7 Å². The summed E-state index contributed by atoms with van der Waals surface area (Å²) in [5.74, 6) is 0. The van der Waals surface area contributed by atoms with E-state index in [1.54, 1.807) is 18.2 Å². The summed E-state index contributed by atoms with van der Waals surface area (Å²) in [6.45, 7) is 0. The third-order valence-electron chi connectivity index (χ3n) is 2.96. The fraction of sp³-hybridized carbons (Fsp3) is 0.200. The van der Waals surface area contributed by atoms with Crippen molar-refractivity contribution >= 4 is 39.1 Å². The van der Waals surface area contributed by atoms with Crippen LogP contribution in [0.15, 0.2) is 46.9 Å². The number of alkyl halides is 4. The monoisotopic (exact) mass is 396 g/mol. The molecule has 0 fully saturated rings. The summed E-state index contributed by atoms with van der Waals surface area (Å²) in [6, 6.07) is 10.6. The highest BCUT2D eigenvalue weighted by Crippen LogP contribution is 2.37. The summed E-state index contributed by atoms with van der Waals surface area (Å²) in [5.41, 5.74) is 0.565. The molecule has 21 heavy (non-hydrogen) atoms. The first-order chi connectivity index (χ1) is 9.77. The van der Waals surface area contributed by atoms with Crippen LogP contribution in [0.1, 0.15) is 22.1 Å². The van der Waals surface area contributed by atoms with Gasteiger partial charge in [0, 0.05) is 9.50 Å². The molecule has 0 aromatic heterocycles. The van der Waals surface area contributed by atoms with Crippen LogP contribution in [-0.2, 0) is 12.6 Å². The zero-order valence-electron chi connectivity index (χ0n) is 10.6. The number of hydrogen-bond acceptors (Lipinski definition) is 0. The minimum absolute atomic E-state index is 0.391. The Hall–Kier alpha value is -0.710. The van der Waals surface area contributed by atoms with Crippen LogP contribution in [0.5, 0.6) is 0 Å². The zero-order valence-corrected chi connectivity index (χ0v) is 13.7. The lowest BCUT2D eigenvalue weighted by atomic mass is 10.0. The Kier molecular flexibility index (Phi) is 5.23. The minimum atomic E-state index is -4.39. The fourth-order valence-electron chi connectivity index (χ4n) is 1.94. The molecule has 1 atom stereocenters. The van der Waals surface area contributed by atoms with Crippen LogP contribution in [0.4, 0.5) is 13.2 Å². The Morgan fingerprint density at radius 1 is 1.10 bits per heavy atom. The maximum absolute atomic E-state index is 12.8. The molecule has 0 saturated heterocycles. The number of rotatable bonds is 3. The largest absolute Gasteiger partial charge is 0.416 e. The van der Waals surface area contributed by atoms with Crippen LogP contribution in [-0.4, -0.2) is 0 Å². The lowest BCUT2D eigenvalue weighted by Gasteiger charge is -2.15. The number of benzene rings is 2. The van der Waals surface area contributed by atoms with Crippen LogP contribution in [0.3, 0.4) is 0 Å². The highest BCUT2D eigenvalue weighted by Gasteiger charge is 2.31. The summed E-state index contributed by atoms with van der Waals surface area (Å²) in [5, 5.41) is -0.0142. The van der Waals surface area contributed by atoms with Gasteiger partial charge in [0.15, 0.2) is 0 Å². The molecule has 2 aromatic carbocycles. The lowest BCUT2D eigenvalue weighted by molar-refractivity contribution is -0.137. The van der Waals surface area contributed by atoms with Crippen molar-refractivity contribution in [1.29, 1.82) is 0 Å². The molecule has 0 N–H and O–H groups in total. The fourth-order valence-corrected chi connectivity index (χ4v) is 3.17. The van der Waals surface area contributed by atoms with Crippen molar-refractivity contribution in [3.63, 3.8) is 0 Å². The summed E-state index contributed by atoms with van der Waals surface area (Å²) in [6.07, 6.45) is -4.00. The second-order valence-corrected chi connectivity index (χ2v) is 6.35. The summed E-state index contributed by atoms with van der Waals surface area (Å²) in [7, 11) is 0. The predicted molar refractivity (Wildman–Crippen MR) is 82.9 cm³/mol. The first-order valence-corrected chi connectivity index (χ1v) is 7.63. The molecule has 6 heteroatoms. The van der Waals surface area contributed by atoms with Crippen molar-refractivity contribution in [2.24, 2.45) is 0 Å². The minimum Gasteiger partial charge on any atom is -0.166 e. The van der Waals surface area contributed by atoms with E-state index in [-0.39, 0.29) is 0 Å². The molecule has 0 aliphatic carbocycles. The van der Waals surface area contributed by atoms with Crippen molar-refractivity contribution in [2.45, 2.75) is 18.0 Å². The van der Waals surface area contributed by atoms with E-state index >= 15 is 0 Å². The van der Waals surface area contributed by atoms with Gasteiger partial charge >= 0.3 is 6.18 Å². The highest BCUT2D eigenvalue weighted by atomic mass is 79.9. The maximum Gasteiger partial charge on any atom is 0.416 e. The zero-order chi connectivity index (χ0) is 15.6. The second kappa shape index (κ2) is 6.59. The average Bonchev–Trinajstić information content (AvgIpc) is 2.37. The van der Waals surface area contributed by atoms with Gasteiger partial charge in [0.05, 0.1) is 10.9 Å². The van der Waals surface area contributed by atoms with Crippen molar-refractivity contribution < 1.29 is 13.2 Å². The van der Waals surface area contributed by atoms with E-state index in [1.165, 1.54) is 6.07 Å². The van der Waals surface area contributed by atoms with E-state index in [4.69, 9.17) is 23.2 Å². The van der Waals surface area contributed by atoms with Crippen LogP contribution in [0.25, 0.3) is 0 Å². The van der Waals surface area contributed by atoms with Gasteiger partial charge in [0.25, 0.3) is 0 Å². The van der Waals surface area contributed by atoms with Crippen LogP contribution in [0.2, 0.25) is 5.02 Å². The van der Waals surface area contributed by atoms with E-state index in [1.807, 2.05) is 6.07 Å². The molecule has 0 bridgehead atoms. The molecule has 1 unspecified atom stereocenters. The Bertz CT molecular complexity index is 641. The number of hydrogen-bond donors (Lipinski definition) is 0. The van der Waals surface area contributed by atoms with E-state index in [0.717, 1.165) is 17.7 Å². The van der Waals surface area contributed by atoms with E-state index in [2.05, 4.69) is 15.9 Å². The van der Waals surface area contributed by atoms with Gasteiger partial charge in [-0.05, 0) is 47.9 Å². The van der Waals surface area contributed by atoms with Gasteiger partial charge in [-0.15, -0.1) is 11.6 Å². The average molecular weight is 398 g/mol. The third-order valence-corrected chi connectivity index (χ3v) is 4.31. The Morgan fingerprint density at radius 2 is 1.81 bits per heavy atom. The topological polar surface area (TPSA) is 0 Å². The van der Waals surface area contributed by atoms with Gasteiger partial charge in [0.1, 0.15) is 0 Å². The molecular formula is C15H10BrCl2F3. The van der Waals surface area contributed by atoms with Gasteiger partial charge < -0.3 is 0 Å². The van der Waals surface area contributed by atoms with Gasteiger partial charge in [-0.3, -0.25) is 0 Å². The quantitative estimate of drug-likeness (QED) is 0.509. The first-order valence-electron chi connectivity index (χ1n) is 6.02. The second-order valence-electron chi connectivity index (χ2n) is 4.54. The molecular weight excluding hydrogens is 388 g/mol.